The van der Waals surface area contributed by atoms with Crippen molar-refractivity contribution in [3.05, 3.63) is 54.3 Å². The van der Waals surface area contributed by atoms with E-state index in [1.54, 1.807) is 30.8 Å². The SMILES string of the molecule is C.C.C.CC(=O)Oc1cc(C)ccc1[C-]=O.CC/C=C\C[C-]=O.C[CH-]C(C)C(C)[CH-]C.[W+2].[W+2].[W]. The zero-order chi connectivity index (χ0) is 21.9. The van der Waals surface area contributed by atoms with E-state index in [4.69, 9.17) is 4.74 Å². The van der Waals surface area contributed by atoms with Crippen molar-refractivity contribution in [1.29, 1.82) is 0 Å². The van der Waals surface area contributed by atoms with Gasteiger partial charge in [-0.05, 0) is 13.3 Å². The molecule has 0 saturated heterocycles. The Morgan fingerprint density at radius 1 is 1.03 bits per heavy atom. The van der Waals surface area contributed by atoms with E-state index in [2.05, 4.69) is 40.5 Å². The zero-order valence-electron chi connectivity index (χ0n) is 19.5. The van der Waals surface area contributed by atoms with Crippen LogP contribution >= 0.6 is 0 Å². The summed E-state index contributed by atoms with van der Waals surface area (Å²) >= 11 is 0. The second kappa shape index (κ2) is 37.4. The monoisotopic (exact) mass is 986 g/mol. The first kappa shape index (κ1) is 54.7. The molecular formula is C27H46O4W3. The second-order valence-electron chi connectivity index (χ2n) is 6.31. The Labute approximate surface area is 254 Å². The van der Waals surface area contributed by atoms with Crippen LogP contribution in [0.25, 0.3) is 0 Å². The molecule has 0 radical (unpaired) electrons. The molecule has 1 aromatic carbocycles. The van der Waals surface area contributed by atoms with Crippen molar-refractivity contribution in [1.82, 2.24) is 0 Å². The van der Waals surface area contributed by atoms with E-state index < -0.39 is 5.97 Å². The Kier molecular flexibility index (Phi) is 60.1. The fraction of sp³-hybridized carbons (Fsp3) is 0.519. The van der Waals surface area contributed by atoms with Gasteiger partial charge in [-0.3, -0.25) is 11.1 Å². The molecule has 0 aromatic heterocycles. The molecule has 7 heteroatoms. The first-order valence-electron chi connectivity index (χ1n) is 9.53. The summed E-state index contributed by atoms with van der Waals surface area (Å²) in [5, 5.41) is 0. The maximum atomic E-state index is 10.6. The molecule has 2 unspecified atom stereocenters. The zero-order valence-corrected chi connectivity index (χ0v) is 28.3. The normalized spacial score (nSPS) is 9.85. The number of rotatable bonds is 8. The van der Waals surface area contributed by atoms with Crippen LogP contribution in [0.1, 0.15) is 87.8 Å². The summed E-state index contributed by atoms with van der Waals surface area (Å²) < 4.78 is 4.82. The standard InChI is InChI=1S/C10H9O3.C8H16.C6H9O.3CH4.3W/c1-7-3-4-9(6-11)10(5-7)13-8(2)12;1-5-7(3)8(4)6-2;1-2-3-4-5-6-7;;;;;;/h3-5H,1-2H3;5-8H,1-4H3;3-4H,2,5H2,1H3;3*1H4;;;/q-1;-2;-1;;;;;2*+2/b;;4-3-;;;;;;. The number of hydrogen-bond acceptors (Lipinski definition) is 4. The summed E-state index contributed by atoms with van der Waals surface area (Å²) in [6.45, 7) is 13.9. The van der Waals surface area contributed by atoms with E-state index >= 15 is 0 Å². The quantitative estimate of drug-likeness (QED) is 0.118. The molecule has 1 aromatic rings. The van der Waals surface area contributed by atoms with Crippen LogP contribution in [-0.2, 0) is 77.6 Å². The largest absolute Gasteiger partial charge is 2.00 e. The van der Waals surface area contributed by atoms with Gasteiger partial charge in [-0.15, -0.1) is 24.1 Å². The summed E-state index contributed by atoms with van der Waals surface area (Å²) in [5.41, 5.74) is 1.19. The molecule has 0 spiro atoms. The predicted molar refractivity (Wildman–Crippen MR) is 135 cm³/mol. The Morgan fingerprint density at radius 2 is 1.50 bits per heavy atom. The number of allylic oxidation sites excluding steroid dienone is 2. The summed E-state index contributed by atoms with van der Waals surface area (Å²) in [4.78, 5) is 30.5. The van der Waals surface area contributed by atoms with Gasteiger partial charge < -0.3 is 27.2 Å². The molecule has 0 fully saturated rings. The third kappa shape index (κ3) is 31.8. The molecular weight excluding hydrogens is 940 g/mol. The summed E-state index contributed by atoms with van der Waals surface area (Å²) in [6.07, 6.45) is 13.1. The van der Waals surface area contributed by atoms with Gasteiger partial charge in [0.2, 0.25) is 0 Å². The molecule has 4 nitrogen and oxygen atoms in total. The first-order valence-corrected chi connectivity index (χ1v) is 9.53. The Bertz CT molecular complexity index is 598. The van der Waals surface area contributed by atoms with Gasteiger partial charge in [0.1, 0.15) is 0 Å². The minimum atomic E-state index is -0.443. The molecule has 0 heterocycles. The molecule has 196 valence electrons. The summed E-state index contributed by atoms with van der Waals surface area (Å²) in [7, 11) is 0. The maximum absolute atomic E-state index is 10.6. The van der Waals surface area contributed by atoms with E-state index in [9.17, 15) is 14.4 Å². The van der Waals surface area contributed by atoms with Gasteiger partial charge in [0.05, 0.1) is 6.29 Å². The molecule has 0 saturated carbocycles. The van der Waals surface area contributed by atoms with Crippen LogP contribution in [0.5, 0.6) is 5.75 Å². The molecule has 0 aliphatic carbocycles. The molecule has 0 amide bonds. The summed E-state index contributed by atoms with van der Waals surface area (Å²) in [5.74, 6) is 1.30. The number of carbonyl (C=O) groups excluding carboxylic acids is 3. The van der Waals surface area contributed by atoms with E-state index in [1.807, 2.05) is 26.0 Å². The van der Waals surface area contributed by atoms with Crippen molar-refractivity contribution >= 4 is 18.5 Å². The van der Waals surface area contributed by atoms with Gasteiger partial charge in [0.25, 0.3) is 5.97 Å². The average molecular weight is 986 g/mol. The number of carbonyl (C=O) groups is 1. The third-order valence-electron chi connectivity index (χ3n) is 3.99. The number of aryl methyl sites for hydroxylation is 1. The van der Waals surface area contributed by atoms with E-state index in [1.165, 1.54) is 6.92 Å². The van der Waals surface area contributed by atoms with Crippen molar-refractivity contribution in [3.63, 3.8) is 0 Å². The minimum absolute atomic E-state index is 0. The minimum Gasteiger partial charge on any atom is -0.541 e. The molecule has 2 atom stereocenters. The van der Waals surface area contributed by atoms with Crippen LogP contribution < -0.4 is 4.74 Å². The third-order valence-corrected chi connectivity index (χ3v) is 3.99. The number of ether oxygens (including phenoxy) is 1. The maximum Gasteiger partial charge on any atom is 2.00 e. The average Bonchev–Trinajstić information content (AvgIpc) is 2.68. The van der Waals surface area contributed by atoms with Crippen molar-refractivity contribution in [2.24, 2.45) is 11.8 Å². The molecule has 34 heavy (non-hydrogen) atoms. The van der Waals surface area contributed by atoms with Crippen LogP contribution in [0.4, 0.5) is 0 Å². The van der Waals surface area contributed by atoms with Crippen LogP contribution in [-0.4, -0.2) is 18.5 Å². The van der Waals surface area contributed by atoms with Gasteiger partial charge in [0, 0.05) is 33.7 Å². The Morgan fingerprint density at radius 3 is 1.82 bits per heavy atom. The summed E-state index contributed by atoms with van der Waals surface area (Å²) in [6, 6.07) is 4.95. The number of benzene rings is 1. The van der Waals surface area contributed by atoms with Gasteiger partial charge >= 0.3 is 42.1 Å². The Balaban J connectivity index is -0.0000000481. The van der Waals surface area contributed by atoms with Crippen molar-refractivity contribution in [3.8, 4) is 5.75 Å². The van der Waals surface area contributed by atoms with Crippen LogP contribution in [0.15, 0.2) is 30.4 Å². The van der Waals surface area contributed by atoms with E-state index in [0.29, 0.717) is 6.42 Å². The Hall–Kier alpha value is -0.165. The van der Waals surface area contributed by atoms with Gasteiger partial charge in [-0.1, -0.05) is 60.8 Å². The van der Waals surface area contributed by atoms with Crippen molar-refractivity contribution < 1.29 is 82.3 Å². The van der Waals surface area contributed by atoms with Gasteiger partial charge in [0.15, 0.2) is 0 Å². The molecule has 0 aliphatic rings. The van der Waals surface area contributed by atoms with Gasteiger partial charge in [-0.2, -0.15) is 31.7 Å². The molecule has 0 aliphatic heterocycles. The fourth-order valence-corrected chi connectivity index (χ4v) is 1.86. The smallest absolute Gasteiger partial charge is 0.541 e. The van der Waals surface area contributed by atoms with Crippen LogP contribution in [0, 0.1) is 31.6 Å². The second-order valence-corrected chi connectivity index (χ2v) is 6.31. The van der Waals surface area contributed by atoms with Crippen LogP contribution in [0.3, 0.4) is 0 Å². The first-order chi connectivity index (χ1) is 13.3. The molecule has 0 N–H and O–H groups in total. The number of hydrogen-bond donors (Lipinski definition) is 0. The van der Waals surface area contributed by atoms with Crippen molar-refractivity contribution in [2.75, 3.05) is 0 Å². The molecule has 1 rings (SSSR count). The van der Waals surface area contributed by atoms with E-state index in [-0.39, 0.29) is 96.8 Å². The topological polar surface area (TPSA) is 60.4 Å². The van der Waals surface area contributed by atoms with Crippen molar-refractivity contribution in [2.45, 2.75) is 83.6 Å². The predicted octanol–water partition coefficient (Wildman–Crippen LogP) is 7.44. The fourth-order valence-electron chi connectivity index (χ4n) is 1.86. The van der Waals surface area contributed by atoms with Crippen LogP contribution in [0.2, 0.25) is 0 Å². The van der Waals surface area contributed by atoms with E-state index in [0.717, 1.165) is 23.8 Å². The number of esters is 1. The van der Waals surface area contributed by atoms with Gasteiger partial charge in [-0.25, -0.2) is 0 Å². The molecule has 0 bridgehead atoms.